The second kappa shape index (κ2) is 9.55. The number of nitrogen functional groups attached to an aromatic ring is 1. The number of anilines is 1. The van der Waals surface area contributed by atoms with Crippen molar-refractivity contribution in [3.05, 3.63) is 63.9 Å². The highest BCUT2D eigenvalue weighted by atomic mass is 16.5. The topological polar surface area (TPSA) is 139 Å². The molecule has 2 aromatic carbocycles. The van der Waals surface area contributed by atoms with Crippen LogP contribution in [-0.4, -0.2) is 35.4 Å². The van der Waals surface area contributed by atoms with E-state index in [1.165, 1.54) is 0 Å². The van der Waals surface area contributed by atoms with Crippen LogP contribution >= 0.6 is 0 Å². The van der Waals surface area contributed by atoms with E-state index in [1.54, 1.807) is 43.4 Å². The van der Waals surface area contributed by atoms with Crippen LogP contribution in [0, 0.1) is 0 Å². The predicted molar refractivity (Wildman–Crippen MR) is 113 cm³/mol. The summed E-state index contributed by atoms with van der Waals surface area (Å²) < 4.78 is 5.74. The molecule has 0 saturated heterocycles. The monoisotopic (exact) mass is 409 g/mol. The van der Waals surface area contributed by atoms with Gasteiger partial charge >= 0.3 is 0 Å². The normalized spacial score (nSPS) is 10.6. The van der Waals surface area contributed by atoms with E-state index < -0.39 is 0 Å². The molecule has 156 valence electrons. The number of nitrogens with zero attached hydrogens (tertiary/aromatic N) is 1. The maximum absolute atomic E-state index is 12.1. The molecule has 9 heteroatoms. The van der Waals surface area contributed by atoms with Gasteiger partial charge in [-0.1, -0.05) is 6.07 Å². The molecule has 0 radical (unpaired) electrons. The molecule has 0 bridgehead atoms. The Morgan fingerprint density at radius 3 is 2.67 bits per heavy atom. The summed E-state index contributed by atoms with van der Waals surface area (Å²) in [7, 11) is 1.58. The van der Waals surface area contributed by atoms with Crippen molar-refractivity contribution in [1.29, 1.82) is 0 Å². The van der Waals surface area contributed by atoms with Gasteiger partial charge in [0.1, 0.15) is 12.4 Å². The van der Waals surface area contributed by atoms with Crippen LogP contribution in [0.3, 0.4) is 0 Å². The van der Waals surface area contributed by atoms with E-state index in [-0.39, 0.29) is 29.9 Å². The van der Waals surface area contributed by atoms with Crippen LogP contribution in [0.5, 0.6) is 5.75 Å². The average molecular weight is 409 g/mol. The van der Waals surface area contributed by atoms with Gasteiger partial charge in [-0.15, -0.1) is 0 Å². The number of carbonyl (C=O) groups excluding carboxylic acids is 2. The van der Waals surface area contributed by atoms with Gasteiger partial charge in [-0.3, -0.25) is 19.4 Å². The van der Waals surface area contributed by atoms with Crippen LogP contribution in [0.1, 0.15) is 28.8 Å². The van der Waals surface area contributed by atoms with Crippen molar-refractivity contribution < 1.29 is 14.3 Å². The fraction of sp³-hybridized carbons (Fsp3) is 0.238. The van der Waals surface area contributed by atoms with E-state index in [0.717, 1.165) is 5.56 Å². The number of H-pyrrole nitrogens is 1. The van der Waals surface area contributed by atoms with Crippen LogP contribution in [0.15, 0.2) is 47.3 Å². The third-order valence-corrected chi connectivity index (χ3v) is 4.46. The highest BCUT2D eigenvalue weighted by Gasteiger charge is 2.07. The zero-order valence-electron chi connectivity index (χ0n) is 16.5. The molecular formula is C21H23N5O4. The van der Waals surface area contributed by atoms with Gasteiger partial charge in [0.05, 0.1) is 10.9 Å². The molecule has 0 aliphatic carbocycles. The third-order valence-electron chi connectivity index (χ3n) is 4.46. The summed E-state index contributed by atoms with van der Waals surface area (Å²) in [6.45, 7) is 0.677. The number of aromatic amines is 1. The minimum absolute atomic E-state index is 0.0536. The van der Waals surface area contributed by atoms with Crippen LogP contribution in [0.2, 0.25) is 0 Å². The Labute approximate surface area is 172 Å². The molecule has 1 aromatic heterocycles. The standard InChI is InChI=1S/C21H23N5O4/c1-23-18(27)3-2-10-24-19(28)14-5-7-15(8-6-14)30-12-13-4-9-17-16(11-13)20(29)26-21(22)25-17/h4-9,11H,2-3,10,12H2,1H3,(H,23,27)(H,24,28)(H3,22,25,26,29). The number of rotatable bonds is 8. The summed E-state index contributed by atoms with van der Waals surface area (Å²) in [5.41, 5.74) is 7.07. The van der Waals surface area contributed by atoms with E-state index in [1.807, 2.05) is 6.07 Å². The molecule has 30 heavy (non-hydrogen) atoms. The van der Waals surface area contributed by atoms with Crippen molar-refractivity contribution in [3.8, 4) is 5.75 Å². The largest absolute Gasteiger partial charge is 0.489 e. The average Bonchev–Trinajstić information content (AvgIpc) is 2.75. The van der Waals surface area contributed by atoms with E-state index in [0.29, 0.717) is 41.6 Å². The summed E-state index contributed by atoms with van der Waals surface area (Å²) in [5.74, 6) is 0.406. The molecular weight excluding hydrogens is 386 g/mol. The van der Waals surface area contributed by atoms with Crippen molar-refractivity contribution in [2.45, 2.75) is 19.4 Å². The fourth-order valence-corrected chi connectivity index (χ4v) is 2.84. The van der Waals surface area contributed by atoms with E-state index in [9.17, 15) is 14.4 Å². The minimum atomic E-state index is -0.301. The Morgan fingerprint density at radius 1 is 1.17 bits per heavy atom. The summed E-state index contributed by atoms with van der Waals surface area (Å²) in [5, 5.41) is 5.75. The van der Waals surface area contributed by atoms with Crippen molar-refractivity contribution in [2.24, 2.45) is 0 Å². The second-order valence-electron chi connectivity index (χ2n) is 6.65. The van der Waals surface area contributed by atoms with Crippen LogP contribution in [0.25, 0.3) is 10.9 Å². The number of carbonyl (C=O) groups is 2. The van der Waals surface area contributed by atoms with Crippen LogP contribution < -0.4 is 26.7 Å². The molecule has 0 fully saturated rings. The lowest BCUT2D eigenvalue weighted by molar-refractivity contribution is -0.120. The fourth-order valence-electron chi connectivity index (χ4n) is 2.84. The SMILES string of the molecule is CNC(=O)CCCNC(=O)c1ccc(OCc2ccc3nc(N)[nH]c(=O)c3c2)cc1. The van der Waals surface area contributed by atoms with Gasteiger partial charge in [-0.2, -0.15) is 0 Å². The number of benzene rings is 2. The minimum Gasteiger partial charge on any atom is -0.489 e. The van der Waals surface area contributed by atoms with E-state index >= 15 is 0 Å². The summed E-state index contributed by atoms with van der Waals surface area (Å²) in [6.07, 6.45) is 0.941. The molecule has 9 nitrogen and oxygen atoms in total. The Bertz CT molecular complexity index is 1110. The van der Waals surface area contributed by atoms with Gasteiger partial charge in [0.15, 0.2) is 0 Å². The zero-order chi connectivity index (χ0) is 21.5. The first kappa shape index (κ1) is 20.8. The smallest absolute Gasteiger partial charge is 0.260 e. The Hall–Kier alpha value is -3.88. The number of ether oxygens (including phenoxy) is 1. The molecule has 5 N–H and O–H groups in total. The molecule has 3 aromatic rings. The Morgan fingerprint density at radius 2 is 1.93 bits per heavy atom. The van der Waals surface area contributed by atoms with Gasteiger partial charge in [0, 0.05) is 25.6 Å². The van der Waals surface area contributed by atoms with Gasteiger partial charge in [-0.05, 0) is 48.4 Å². The first-order chi connectivity index (χ1) is 14.5. The lowest BCUT2D eigenvalue weighted by Crippen LogP contribution is -2.26. The van der Waals surface area contributed by atoms with Gasteiger partial charge < -0.3 is 21.1 Å². The zero-order valence-corrected chi connectivity index (χ0v) is 16.5. The van der Waals surface area contributed by atoms with Crippen molar-refractivity contribution in [2.75, 3.05) is 19.3 Å². The third kappa shape index (κ3) is 5.34. The molecule has 3 rings (SSSR count). The molecule has 0 saturated carbocycles. The number of fused-ring (bicyclic) bond motifs is 1. The van der Waals surface area contributed by atoms with Gasteiger partial charge in [0.25, 0.3) is 11.5 Å². The highest BCUT2D eigenvalue weighted by molar-refractivity contribution is 5.94. The number of aromatic nitrogens is 2. The second-order valence-corrected chi connectivity index (χ2v) is 6.65. The van der Waals surface area contributed by atoms with E-state index in [2.05, 4.69) is 20.6 Å². The lowest BCUT2D eigenvalue weighted by atomic mass is 10.1. The van der Waals surface area contributed by atoms with Crippen molar-refractivity contribution in [1.82, 2.24) is 20.6 Å². The molecule has 0 aliphatic rings. The summed E-state index contributed by atoms with van der Waals surface area (Å²) in [4.78, 5) is 41.8. The Kier molecular flexibility index (Phi) is 6.63. The molecule has 0 spiro atoms. The molecule has 2 amide bonds. The number of nitrogens with two attached hydrogens (primary N) is 1. The van der Waals surface area contributed by atoms with Crippen LogP contribution in [-0.2, 0) is 11.4 Å². The maximum Gasteiger partial charge on any atom is 0.260 e. The van der Waals surface area contributed by atoms with Crippen molar-refractivity contribution in [3.63, 3.8) is 0 Å². The summed E-state index contributed by atoms with van der Waals surface area (Å²) >= 11 is 0. The molecule has 0 unspecified atom stereocenters. The number of hydrogen-bond acceptors (Lipinski definition) is 6. The van der Waals surface area contributed by atoms with E-state index in [4.69, 9.17) is 10.5 Å². The van der Waals surface area contributed by atoms with Crippen LogP contribution in [0.4, 0.5) is 5.95 Å². The molecule has 1 heterocycles. The highest BCUT2D eigenvalue weighted by Crippen LogP contribution is 2.16. The van der Waals surface area contributed by atoms with Gasteiger partial charge in [0.2, 0.25) is 11.9 Å². The number of amides is 2. The lowest BCUT2D eigenvalue weighted by Gasteiger charge is -2.09. The van der Waals surface area contributed by atoms with Crippen molar-refractivity contribution >= 4 is 28.7 Å². The maximum atomic E-state index is 12.1. The number of hydrogen-bond donors (Lipinski definition) is 4. The predicted octanol–water partition coefficient (Wildman–Crippen LogP) is 1.34. The first-order valence-electron chi connectivity index (χ1n) is 9.46. The van der Waals surface area contributed by atoms with Gasteiger partial charge in [-0.25, -0.2) is 4.98 Å². The molecule has 0 atom stereocenters. The quantitative estimate of drug-likeness (QED) is 0.414. The molecule has 0 aliphatic heterocycles. The number of nitrogens with one attached hydrogen (secondary N) is 3. The first-order valence-corrected chi connectivity index (χ1v) is 9.46. The Balaban J connectivity index is 1.54. The summed E-state index contributed by atoms with van der Waals surface area (Å²) in [6, 6.07) is 12.0.